The maximum atomic E-state index is 13.7. The van der Waals surface area contributed by atoms with Gasteiger partial charge in [0.05, 0.1) is 5.56 Å². The Kier molecular flexibility index (Phi) is 4.07. The van der Waals surface area contributed by atoms with Crippen molar-refractivity contribution < 1.29 is 18.0 Å². The van der Waals surface area contributed by atoms with Gasteiger partial charge >= 0.3 is 6.01 Å². The molecule has 9 heteroatoms. The lowest BCUT2D eigenvalue weighted by Crippen LogP contribution is -2.13. The van der Waals surface area contributed by atoms with Crippen LogP contribution < -0.4 is 5.32 Å². The average Bonchev–Trinajstić information content (AvgIpc) is 3.14. The predicted octanol–water partition coefficient (Wildman–Crippen LogP) is 2.79. The second-order valence-electron chi connectivity index (χ2n) is 4.98. The van der Waals surface area contributed by atoms with Crippen molar-refractivity contribution in [3.05, 3.63) is 47.3 Å². The van der Waals surface area contributed by atoms with E-state index in [0.29, 0.717) is 12.6 Å². The Morgan fingerprint density at radius 2 is 2.08 bits per heavy atom. The standard InChI is InChI=1S/C15H13F2N5O2/c1-3-22-8(2)6-12(21-22)13(23)18-15-20-19-14(24-15)10-5-4-9(16)7-11(10)17/h4-7H,3H2,1-2H3,(H,18,20,23). The lowest BCUT2D eigenvalue weighted by atomic mass is 10.2. The van der Waals surface area contributed by atoms with Gasteiger partial charge in [-0.25, -0.2) is 8.78 Å². The fourth-order valence-electron chi connectivity index (χ4n) is 2.15. The van der Waals surface area contributed by atoms with Crippen LogP contribution in [0.1, 0.15) is 23.1 Å². The summed E-state index contributed by atoms with van der Waals surface area (Å²) >= 11 is 0. The Morgan fingerprint density at radius 1 is 1.29 bits per heavy atom. The smallest absolute Gasteiger partial charge is 0.322 e. The molecule has 0 saturated carbocycles. The minimum atomic E-state index is -0.839. The summed E-state index contributed by atoms with van der Waals surface area (Å²) in [4.78, 5) is 12.1. The maximum Gasteiger partial charge on any atom is 0.322 e. The first kappa shape index (κ1) is 15.8. The number of carbonyl (C=O) groups is 1. The molecular formula is C15H13F2N5O2. The Bertz CT molecular complexity index is 903. The quantitative estimate of drug-likeness (QED) is 0.793. The second-order valence-corrected chi connectivity index (χ2v) is 4.98. The highest BCUT2D eigenvalue weighted by Gasteiger charge is 2.17. The molecule has 2 aromatic heterocycles. The molecule has 0 atom stereocenters. The first-order valence-corrected chi connectivity index (χ1v) is 7.12. The third-order valence-electron chi connectivity index (χ3n) is 3.32. The first-order chi connectivity index (χ1) is 11.5. The van der Waals surface area contributed by atoms with Crippen LogP contribution in [0.15, 0.2) is 28.7 Å². The van der Waals surface area contributed by atoms with Gasteiger partial charge in [-0.3, -0.25) is 14.8 Å². The molecule has 3 rings (SSSR count). The van der Waals surface area contributed by atoms with Crippen LogP contribution in [0.5, 0.6) is 0 Å². The summed E-state index contributed by atoms with van der Waals surface area (Å²) in [5.74, 6) is -2.25. The molecule has 0 fully saturated rings. The first-order valence-electron chi connectivity index (χ1n) is 7.12. The van der Waals surface area contributed by atoms with E-state index >= 15 is 0 Å². The van der Waals surface area contributed by atoms with Gasteiger partial charge in [-0.05, 0) is 32.0 Å². The fraction of sp³-hybridized carbons (Fsp3) is 0.200. The van der Waals surface area contributed by atoms with Gasteiger partial charge in [0.15, 0.2) is 5.69 Å². The van der Waals surface area contributed by atoms with Crippen molar-refractivity contribution >= 4 is 11.9 Å². The molecule has 1 N–H and O–H groups in total. The number of nitrogens with zero attached hydrogens (tertiary/aromatic N) is 4. The van der Waals surface area contributed by atoms with Crippen LogP contribution in [0.3, 0.4) is 0 Å². The summed E-state index contributed by atoms with van der Waals surface area (Å²) in [6, 6.07) is 4.37. The van der Waals surface area contributed by atoms with Gasteiger partial charge < -0.3 is 4.42 Å². The van der Waals surface area contributed by atoms with Crippen molar-refractivity contribution in [3.8, 4) is 11.5 Å². The molecule has 0 aliphatic carbocycles. The summed E-state index contributed by atoms with van der Waals surface area (Å²) in [7, 11) is 0. The predicted molar refractivity (Wildman–Crippen MR) is 80.2 cm³/mol. The third kappa shape index (κ3) is 3.00. The molecule has 0 aliphatic rings. The Labute approximate surface area is 135 Å². The van der Waals surface area contributed by atoms with Crippen LogP contribution in [0.2, 0.25) is 0 Å². The minimum Gasteiger partial charge on any atom is -0.403 e. The molecule has 0 radical (unpaired) electrons. The molecule has 0 aliphatic heterocycles. The molecule has 0 spiro atoms. The molecule has 24 heavy (non-hydrogen) atoms. The molecule has 1 amide bonds. The van der Waals surface area contributed by atoms with Crippen molar-refractivity contribution in [3.63, 3.8) is 0 Å². The molecule has 0 saturated heterocycles. The molecule has 3 aromatic rings. The SMILES string of the molecule is CCn1nc(C(=O)Nc2nnc(-c3ccc(F)cc3F)o2)cc1C. The zero-order valence-corrected chi connectivity index (χ0v) is 12.9. The van der Waals surface area contributed by atoms with Crippen molar-refractivity contribution in [1.82, 2.24) is 20.0 Å². The maximum absolute atomic E-state index is 13.7. The largest absolute Gasteiger partial charge is 0.403 e. The number of aromatic nitrogens is 4. The zero-order chi connectivity index (χ0) is 17.3. The second kappa shape index (κ2) is 6.19. The number of aryl methyl sites for hydroxylation is 2. The summed E-state index contributed by atoms with van der Waals surface area (Å²) in [5, 5.41) is 13.8. The van der Waals surface area contributed by atoms with Crippen molar-refractivity contribution in [2.75, 3.05) is 5.32 Å². The lowest BCUT2D eigenvalue weighted by molar-refractivity contribution is 0.101. The molecule has 124 valence electrons. The van der Waals surface area contributed by atoms with Crippen LogP contribution in [0, 0.1) is 18.6 Å². The zero-order valence-electron chi connectivity index (χ0n) is 12.9. The highest BCUT2D eigenvalue weighted by Crippen LogP contribution is 2.23. The summed E-state index contributed by atoms with van der Waals surface area (Å²) in [5.41, 5.74) is 0.972. The number of hydrogen-bond acceptors (Lipinski definition) is 5. The number of nitrogens with one attached hydrogen (secondary N) is 1. The van der Waals surface area contributed by atoms with Crippen LogP contribution in [0.4, 0.5) is 14.8 Å². The summed E-state index contributed by atoms with van der Waals surface area (Å²) in [6.45, 7) is 4.37. The van der Waals surface area contributed by atoms with Gasteiger partial charge in [-0.2, -0.15) is 5.10 Å². The van der Waals surface area contributed by atoms with Gasteiger partial charge in [0.2, 0.25) is 0 Å². The van der Waals surface area contributed by atoms with Crippen LogP contribution in [0.25, 0.3) is 11.5 Å². The number of halogens is 2. The number of anilines is 1. The van der Waals surface area contributed by atoms with Crippen LogP contribution in [-0.4, -0.2) is 25.9 Å². The summed E-state index contributed by atoms with van der Waals surface area (Å²) in [6.07, 6.45) is 0. The molecular weight excluding hydrogens is 320 g/mol. The molecule has 0 bridgehead atoms. The van der Waals surface area contributed by atoms with Gasteiger partial charge in [0, 0.05) is 18.3 Å². The van der Waals surface area contributed by atoms with Gasteiger partial charge in [0.1, 0.15) is 11.6 Å². The van der Waals surface area contributed by atoms with Crippen LogP contribution in [-0.2, 0) is 6.54 Å². The highest BCUT2D eigenvalue weighted by atomic mass is 19.1. The number of hydrogen-bond donors (Lipinski definition) is 1. The summed E-state index contributed by atoms with van der Waals surface area (Å²) < 4.78 is 33.5. The number of benzene rings is 1. The number of rotatable bonds is 4. The van der Waals surface area contributed by atoms with Crippen molar-refractivity contribution in [2.24, 2.45) is 0 Å². The van der Waals surface area contributed by atoms with E-state index in [9.17, 15) is 13.6 Å². The van der Waals surface area contributed by atoms with Gasteiger partial charge in [-0.1, -0.05) is 5.10 Å². The number of carbonyl (C=O) groups excluding carboxylic acids is 1. The van der Waals surface area contributed by atoms with E-state index in [4.69, 9.17) is 4.42 Å². The lowest BCUT2D eigenvalue weighted by Gasteiger charge is -1.98. The monoisotopic (exact) mass is 333 g/mol. The topological polar surface area (TPSA) is 85.8 Å². The Hall–Kier alpha value is -3.10. The van der Waals surface area contributed by atoms with E-state index in [1.807, 2.05) is 13.8 Å². The Morgan fingerprint density at radius 3 is 2.75 bits per heavy atom. The average molecular weight is 333 g/mol. The Balaban J connectivity index is 1.79. The fourth-order valence-corrected chi connectivity index (χ4v) is 2.15. The van der Waals surface area contributed by atoms with E-state index < -0.39 is 17.5 Å². The normalized spacial score (nSPS) is 10.8. The molecule has 0 unspecified atom stereocenters. The van der Waals surface area contributed by atoms with E-state index in [-0.39, 0.29) is 23.2 Å². The highest BCUT2D eigenvalue weighted by molar-refractivity contribution is 6.01. The van der Waals surface area contributed by atoms with E-state index in [1.165, 1.54) is 6.07 Å². The van der Waals surface area contributed by atoms with Crippen molar-refractivity contribution in [1.29, 1.82) is 0 Å². The van der Waals surface area contributed by atoms with Crippen molar-refractivity contribution in [2.45, 2.75) is 20.4 Å². The minimum absolute atomic E-state index is 0.0597. The molecule has 7 nitrogen and oxygen atoms in total. The van der Waals surface area contributed by atoms with Gasteiger partial charge in [0.25, 0.3) is 11.8 Å². The number of amides is 1. The van der Waals surface area contributed by atoms with E-state index in [1.54, 1.807) is 10.7 Å². The van der Waals surface area contributed by atoms with E-state index in [2.05, 4.69) is 20.6 Å². The molecule has 1 aromatic carbocycles. The third-order valence-corrected chi connectivity index (χ3v) is 3.32. The van der Waals surface area contributed by atoms with Crippen LogP contribution >= 0.6 is 0 Å². The van der Waals surface area contributed by atoms with Gasteiger partial charge in [-0.15, -0.1) is 5.10 Å². The van der Waals surface area contributed by atoms with E-state index in [0.717, 1.165) is 11.8 Å². The molecule has 2 heterocycles.